The Balaban J connectivity index is 2.22. The topological polar surface area (TPSA) is 34.1 Å². The minimum atomic E-state index is -4.43. The predicted molar refractivity (Wildman–Crippen MR) is 72.2 cm³/mol. The molecular weight excluding hydrogens is 289 g/mol. The molecular formula is C13H13F3N2OS. The van der Waals surface area contributed by atoms with E-state index in [-0.39, 0.29) is 11.4 Å². The Hall–Kier alpha value is -1.76. The Kier molecular flexibility index (Phi) is 4.17. The smallest absolute Gasteiger partial charge is 0.418 e. The van der Waals surface area contributed by atoms with Gasteiger partial charge in [0.1, 0.15) is 5.75 Å². The van der Waals surface area contributed by atoms with Crippen LogP contribution < -0.4 is 10.1 Å². The third kappa shape index (κ3) is 3.41. The van der Waals surface area contributed by atoms with E-state index in [4.69, 9.17) is 4.74 Å². The number of nitrogens with one attached hydrogen (secondary N) is 1. The lowest BCUT2D eigenvalue weighted by Crippen LogP contribution is -2.10. The zero-order valence-corrected chi connectivity index (χ0v) is 11.7. The Bertz CT molecular complexity index is 596. The highest BCUT2D eigenvalue weighted by Crippen LogP contribution is 2.37. The number of ether oxygens (including phenoxy) is 1. The van der Waals surface area contributed by atoms with Crippen LogP contribution in [0, 0.1) is 6.92 Å². The molecule has 1 aromatic carbocycles. The van der Waals surface area contributed by atoms with Crippen molar-refractivity contribution >= 4 is 17.0 Å². The fraction of sp³-hybridized carbons (Fsp3) is 0.308. The molecule has 0 aliphatic rings. The highest BCUT2D eigenvalue weighted by atomic mass is 32.1. The number of aromatic nitrogens is 1. The lowest BCUT2D eigenvalue weighted by atomic mass is 10.1. The van der Waals surface area contributed by atoms with Crippen molar-refractivity contribution in [3.8, 4) is 5.75 Å². The van der Waals surface area contributed by atoms with Crippen molar-refractivity contribution in [1.29, 1.82) is 0 Å². The minimum Gasteiger partial charge on any atom is -0.497 e. The monoisotopic (exact) mass is 302 g/mol. The molecule has 1 aromatic heterocycles. The largest absolute Gasteiger partial charge is 0.497 e. The van der Waals surface area contributed by atoms with Gasteiger partial charge in [-0.05, 0) is 25.1 Å². The van der Waals surface area contributed by atoms with Crippen LogP contribution in [-0.2, 0) is 12.7 Å². The van der Waals surface area contributed by atoms with E-state index in [9.17, 15) is 13.2 Å². The molecule has 0 bridgehead atoms. The highest BCUT2D eigenvalue weighted by Gasteiger charge is 2.34. The van der Waals surface area contributed by atoms with Gasteiger partial charge in [0.25, 0.3) is 0 Å². The summed E-state index contributed by atoms with van der Waals surface area (Å²) < 4.78 is 43.8. The van der Waals surface area contributed by atoms with Crippen LogP contribution in [0.3, 0.4) is 0 Å². The maximum Gasteiger partial charge on any atom is 0.418 e. The molecule has 3 nitrogen and oxygen atoms in total. The number of benzene rings is 1. The van der Waals surface area contributed by atoms with Crippen LogP contribution in [-0.4, -0.2) is 12.1 Å². The molecule has 0 atom stereocenters. The van der Waals surface area contributed by atoms with Gasteiger partial charge in [-0.1, -0.05) is 0 Å². The SMILES string of the molecule is COc1ccc(NCc2cnc(C)s2)c(C(F)(F)F)c1. The molecule has 1 N–H and O–H groups in total. The van der Waals surface area contributed by atoms with Gasteiger partial charge >= 0.3 is 6.18 Å². The van der Waals surface area contributed by atoms with Gasteiger partial charge in [0.2, 0.25) is 0 Å². The second-order valence-electron chi connectivity index (χ2n) is 4.11. The van der Waals surface area contributed by atoms with Crippen molar-refractivity contribution in [3.05, 3.63) is 39.8 Å². The molecule has 0 radical (unpaired) electrons. The Morgan fingerprint density at radius 2 is 2.10 bits per heavy atom. The molecule has 0 aliphatic heterocycles. The van der Waals surface area contributed by atoms with E-state index in [1.165, 1.54) is 30.6 Å². The predicted octanol–water partition coefficient (Wildman–Crippen LogP) is 4.09. The van der Waals surface area contributed by atoms with E-state index in [1.807, 2.05) is 6.92 Å². The summed E-state index contributed by atoms with van der Waals surface area (Å²) in [6.45, 7) is 2.16. The normalized spacial score (nSPS) is 11.4. The van der Waals surface area contributed by atoms with Gasteiger partial charge in [-0.2, -0.15) is 13.2 Å². The van der Waals surface area contributed by atoms with Gasteiger partial charge in [-0.3, -0.25) is 0 Å². The summed E-state index contributed by atoms with van der Waals surface area (Å²) in [5.74, 6) is 0.177. The number of thiazole rings is 1. The van der Waals surface area contributed by atoms with Crippen LogP contribution in [0.4, 0.5) is 18.9 Å². The minimum absolute atomic E-state index is 0.0318. The second kappa shape index (κ2) is 5.70. The van der Waals surface area contributed by atoms with Crippen molar-refractivity contribution in [2.45, 2.75) is 19.6 Å². The molecule has 7 heteroatoms. The van der Waals surface area contributed by atoms with Crippen molar-refractivity contribution in [1.82, 2.24) is 4.98 Å². The maximum absolute atomic E-state index is 13.0. The summed E-state index contributed by atoms with van der Waals surface area (Å²) in [6, 6.07) is 3.85. The molecule has 0 saturated carbocycles. The molecule has 0 unspecified atom stereocenters. The summed E-state index contributed by atoms with van der Waals surface area (Å²) in [7, 11) is 1.34. The van der Waals surface area contributed by atoms with Crippen LogP contribution in [0.5, 0.6) is 5.75 Å². The summed E-state index contributed by atoms with van der Waals surface area (Å²) in [6.07, 6.45) is -2.77. The third-order valence-electron chi connectivity index (χ3n) is 2.65. The molecule has 1 heterocycles. The fourth-order valence-corrected chi connectivity index (χ4v) is 2.44. The lowest BCUT2D eigenvalue weighted by Gasteiger charge is -2.15. The van der Waals surface area contributed by atoms with E-state index in [0.29, 0.717) is 6.54 Å². The number of aryl methyl sites for hydroxylation is 1. The van der Waals surface area contributed by atoms with Crippen LogP contribution >= 0.6 is 11.3 Å². The van der Waals surface area contributed by atoms with Crippen LogP contribution in [0.2, 0.25) is 0 Å². The number of nitrogens with zero attached hydrogens (tertiary/aromatic N) is 1. The fourth-order valence-electron chi connectivity index (χ4n) is 1.71. The Morgan fingerprint density at radius 1 is 1.35 bits per heavy atom. The van der Waals surface area contributed by atoms with E-state index in [1.54, 1.807) is 6.20 Å². The second-order valence-corrected chi connectivity index (χ2v) is 5.43. The van der Waals surface area contributed by atoms with Gasteiger partial charge in [-0.15, -0.1) is 11.3 Å². The van der Waals surface area contributed by atoms with Crippen molar-refractivity contribution < 1.29 is 17.9 Å². The molecule has 0 aliphatic carbocycles. The van der Waals surface area contributed by atoms with Crippen molar-refractivity contribution in [3.63, 3.8) is 0 Å². The van der Waals surface area contributed by atoms with Crippen molar-refractivity contribution in [2.24, 2.45) is 0 Å². The van der Waals surface area contributed by atoms with E-state index in [0.717, 1.165) is 16.0 Å². The highest BCUT2D eigenvalue weighted by molar-refractivity contribution is 7.11. The molecule has 0 fully saturated rings. The first-order valence-corrected chi connectivity index (χ1v) is 6.62. The summed E-state index contributed by atoms with van der Waals surface area (Å²) in [5, 5.41) is 3.68. The number of hydrogen-bond donors (Lipinski definition) is 1. The van der Waals surface area contributed by atoms with E-state index < -0.39 is 11.7 Å². The standard InChI is InChI=1S/C13H13F3N2OS/c1-8-17-6-10(20-8)7-18-12-4-3-9(19-2)5-11(12)13(14,15)16/h3-6,18H,7H2,1-2H3. The molecule has 0 spiro atoms. The van der Waals surface area contributed by atoms with Gasteiger partial charge in [0.15, 0.2) is 0 Å². The first kappa shape index (κ1) is 14.6. The number of hydrogen-bond acceptors (Lipinski definition) is 4. The zero-order valence-electron chi connectivity index (χ0n) is 10.9. The summed E-state index contributed by atoms with van der Waals surface area (Å²) in [5.41, 5.74) is -0.706. The molecule has 2 rings (SSSR count). The number of alkyl halides is 3. The van der Waals surface area contributed by atoms with E-state index >= 15 is 0 Å². The Labute approximate surface area is 118 Å². The molecule has 0 saturated heterocycles. The third-order valence-corrected chi connectivity index (χ3v) is 3.57. The number of anilines is 1. The molecule has 20 heavy (non-hydrogen) atoms. The number of methoxy groups -OCH3 is 1. The van der Waals surface area contributed by atoms with Crippen LogP contribution in [0.1, 0.15) is 15.4 Å². The summed E-state index contributed by atoms with van der Waals surface area (Å²) in [4.78, 5) is 4.94. The quantitative estimate of drug-likeness (QED) is 0.923. The zero-order chi connectivity index (χ0) is 14.8. The van der Waals surface area contributed by atoms with Crippen molar-refractivity contribution in [2.75, 3.05) is 12.4 Å². The maximum atomic E-state index is 13.0. The molecule has 0 amide bonds. The molecule has 2 aromatic rings. The van der Waals surface area contributed by atoms with E-state index in [2.05, 4.69) is 10.3 Å². The van der Waals surface area contributed by atoms with Crippen LogP contribution in [0.15, 0.2) is 24.4 Å². The summed E-state index contributed by atoms with van der Waals surface area (Å²) >= 11 is 1.45. The van der Waals surface area contributed by atoms with Gasteiger partial charge in [0, 0.05) is 16.8 Å². The Morgan fingerprint density at radius 3 is 2.65 bits per heavy atom. The average Bonchev–Trinajstić information content (AvgIpc) is 2.81. The first-order valence-electron chi connectivity index (χ1n) is 5.80. The first-order chi connectivity index (χ1) is 9.40. The van der Waals surface area contributed by atoms with Crippen LogP contribution in [0.25, 0.3) is 0 Å². The average molecular weight is 302 g/mol. The number of rotatable bonds is 4. The van der Waals surface area contributed by atoms with Gasteiger partial charge in [-0.25, -0.2) is 4.98 Å². The van der Waals surface area contributed by atoms with Gasteiger partial charge < -0.3 is 10.1 Å². The molecule has 108 valence electrons. The lowest BCUT2D eigenvalue weighted by molar-refractivity contribution is -0.137. The number of halogens is 3. The van der Waals surface area contributed by atoms with Gasteiger partial charge in [0.05, 0.1) is 24.2 Å².